The molecule has 0 spiro atoms. The zero-order valence-corrected chi connectivity index (χ0v) is 12.5. The second kappa shape index (κ2) is 5.69. The smallest absolute Gasteiger partial charge is 0.354 e. The van der Waals surface area contributed by atoms with Gasteiger partial charge in [0.1, 0.15) is 9.84 Å². The maximum atomic E-state index is 11.3. The number of sulfone groups is 1. The highest BCUT2D eigenvalue weighted by Crippen LogP contribution is 2.24. The lowest BCUT2D eigenvalue weighted by atomic mass is 10.1. The van der Waals surface area contributed by atoms with Crippen LogP contribution in [0.25, 0.3) is 10.9 Å². The summed E-state index contributed by atoms with van der Waals surface area (Å²) in [4.78, 5) is 15.2. The number of carboxylic acids is 1. The molecule has 0 aliphatic carbocycles. The lowest BCUT2D eigenvalue weighted by molar-refractivity contribution is 0.0691. The molecule has 7 heteroatoms. The average Bonchev–Trinajstić information content (AvgIpc) is 2.36. The van der Waals surface area contributed by atoms with Crippen molar-refractivity contribution >= 4 is 32.4 Å². The Morgan fingerprint density at radius 3 is 2.67 bits per heavy atom. The molecular formula is C14H16N2O4S. The number of aromatic nitrogens is 1. The van der Waals surface area contributed by atoms with Crippen LogP contribution in [0.3, 0.4) is 0 Å². The average molecular weight is 308 g/mol. The van der Waals surface area contributed by atoms with Gasteiger partial charge in [-0.25, -0.2) is 18.2 Å². The van der Waals surface area contributed by atoms with Crippen LogP contribution in [0.2, 0.25) is 0 Å². The topological polar surface area (TPSA) is 96.4 Å². The Balaban J connectivity index is 2.44. The zero-order chi connectivity index (χ0) is 15.6. The van der Waals surface area contributed by atoms with E-state index >= 15 is 0 Å². The van der Waals surface area contributed by atoms with Crippen molar-refractivity contribution in [2.45, 2.75) is 13.0 Å². The molecule has 1 unspecified atom stereocenters. The molecule has 0 saturated heterocycles. The predicted octanol–water partition coefficient (Wildman–Crippen LogP) is 1.78. The van der Waals surface area contributed by atoms with Crippen molar-refractivity contribution in [2.75, 3.05) is 17.3 Å². The first-order valence-corrected chi connectivity index (χ1v) is 8.39. The fourth-order valence-corrected chi connectivity index (χ4v) is 3.16. The molecule has 6 nitrogen and oxygen atoms in total. The maximum Gasteiger partial charge on any atom is 0.354 e. The zero-order valence-electron chi connectivity index (χ0n) is 11.7. The molecule has 2 rings (SSSR count). The minimum absolute atomic E-state index is 0.0357. The van der Waals surface area contributed by atoms with Crippen LogP contribution in [0.15, 0.2) is 30.3 Å². The Kier molecular flexibility index (Phi) is 4.13. The number of carboxylic acid groups (broad SMARTS) is 1. The van der Waals surface area contributed by atoms with Crippen molar-refractivity contribution in [1.29, 1.82) is 0 Å². The first kappa shape index (κ1) is 15.2. The molecule has 1 atom stereocenters. The second-order valence-electron chi connectivity index (χ2n) is 5.02. The highest BCUT2D eigenvalue weighted by atomic mass is 32.2. The monoisotopic (exact) mass is 308 g/mol. The van der Waals surface area contributed by atoms with Crippen molar-refractivity contribution in [3.05, 3.63) is 36.0 Å². The molecule has 0 saturated carbocycles. The number of anilines is 1. The summed E-state index contributed by atoms with van der Waals surface area (Å²) in [6.07, 6.45) is 1.17. The van der Waals surface area contributed by atoms with E-state index in [4.69, 9.17) is 5.11 Å². The summed E-state index contributed by atoms with van der Waals surface area (Å²) in [5.74, 6) is -1.16. The lowest BCUT2D eigenvalue weighted by Crippen LogP contribution is -2.25. The predicted molar refractivity (Wildman–Crippen MR) is 81.5 cm³/mol. The normalized spacial score (nSPS) is 13.0. The molecule has 1 heterocycles. The van der Waals surface area contributed by atoms with Gasteiger partial charge >= 0.3 is 5.97 Å². The molecule has 0 aliphatic heterocycles. The molecule has 0 fully saturated rings. The molecule has 0 bridgehead atoms. The summed E-state index contributed by atoms with van der Waals surface area (Å²) in [5.41, 5.74) is 1.03. The highest BCUT2D eigenvalue weighted by molar-refractivity contribution is 7.90. The lowest BCUT2D eigenvalue weighted by Gasteiger charge is -2.16. The van der Waals surface area contributed by atoms with Gasteiger partial charge in [0.15, 0.2) is 5.69 Å². The van der Waals surface area contributed by atoms with Gasteiger partial charge in [0.05, 0.1) is 11.3 Å². The number of para-hydroxylation sites is 1. The second-order valence-corrected chi connectivity index (χ2v) is 7.20. The van der Waals surface area contributed by atoms with Crippen LogP contribution >= 0.6 is 0 Å². The third-order valence-electron chi connectivity index (χ3n) is 2.89. The third-order valence-corrected chi connectivity index (χ3v) is 4.00. The molecule has 21 heavy (non-hydrogen) atoms. The van der Waals surface area contributed by atoms with E-state index in [0.29, 0.717) is 11.2 Å². The Morgan fingerprint density at radius 1 is 1.38 bits per heavy atom. The van der Waals surface area contributed by atoms with E-state index in [1.165, 1.54) is 12.3 Å². The number of pyridine rings is 1. The number of carbonyl (C=O) groups is 1. The number of aromatic carboxylic acids is 1. The number of benzene rings is 1. The Bertz CT molecular complexity index is 787. The summed E-state index contributed by atoms with van der Waals surface area (Å²) in [6, 6.07) is 8.19. The number of hydrogen-bond acceptors (Lipinski definition) is 5. The van der Waals surface area contributed by atoms with E-state index in [1.807, 2.05) is 12.1 Å². The molecule has 2 aromatic rings. The summed E-state index contributed by atoms with van der Waals surface area (Å²) in [6.45, 7) is 1.73. The van der Waals surface area contributed by atoms with Crippen LogP contribution in [0.1, 0.15) is 17.4 Å². The van der Waals surface area contributed by atoms with Gasteiger partial charge in [-0.05, 0) is 19.1 Å². The number of hydrogen-bond donors (Lipinski definition) is 2. The highest BCUT2D eigenvalue weighted by Gasteiger charge is 2.14. The SMILES string of the molecule is CC(CS(C)(=O)=O)Nc1cc(C(=O)O)nc2ccccc12. The molecule has 112 valence electrons. The minimum Gasteiger partial charge on any atom is -0.477 e. The maximum absolute atomic E-state index is 11.3. The van der Waals surface area contributed by atoms with Crippen molar-refractivity contribution < 1.29 is 18.3 Å². The van der Waals surface area contributed by atoms with E-state index in [0.717, 1.165) is 5.39 Å². The molecule has 0 amide bonds. The van der Waals surface area contributed by atoms with Gasteiger partial charge in [0, 0.05) is 23.4 Å². The number of nitrogens with zero attached hydrogens (tertiary/aromatic N) is 1. The largest absolute Gasteiger partial charge is 0.477 e. The fourth-order valence-electron chi connectivity index (χ4n) is 2.17. The van der Waals surface area contributed by atoms with E-state index in [9.17, 15) is 13.2 Å². The van der Waals surface area contributed by atoms with Gasteiger partial charge in [-0.3, -0.25) is 0 Å². The van der Waals surface area contributed by atoms with Crippen LogP contribution in [-0.4, -0.2) is 42.5 Å². The van der Waals surface area contributed by atoms with Crippen LogP contribution < -0.4 is 5.32 Å². The van der Waals surface area contributed by atoms with Crippen LogP contribution in [0.5, 0.6) is 0 Å². The van der Waals surface area contributed by atoms with Gasteiger partial charge in [-0.1, -0.05) is 18.2 Å². The molecule has 1 aromatic heterocycles. The molecule has 0 aliphatic rings. The van der Waals surface area contributed by atoms with E-state index in [-0.39, 0.29) is 17.5 Å². The number of fused-ring (bicyclic) bond motifs is 1. The van der Waals surface area contributed by atoms with Crippen molar-refractivity contribution in [3.8, 4) is 0 Å². The third kappa shape index (κ3) is 3.91. The van der Waals surface area contributed by atoms with E-state index < -0.39 is 15.8 Å². The summed E-state index contributed by atoms with van der Waals surface area (Å²) < 4.78 is 22.6. The molecular weight excluding hydrogens is 292 g/mol. The first-order chi connectivity index (χ1) is 9.76. The Morgan fingerprint density at radius 2 is 2.05 bits per heavy atom. The van der Waals surface area contributed by atoms with E-state index in [1.54, 1.807) is 19.1 Å². The van der Waals surface area contributed by atoms with Gasteiger partial charge < -0.3 is 10.4 Å². The van der Waals surface area contributed by atoms with Gasteiger partial charge in [-0.2, -0.15) is 0 Å². The number of rotatable bonds is 5. The van der Waals surface area contributed by atoms with Gasteiger partial charge in [0.25, 0.3) is 0 Å². The van der Waals surface area contributed by atoms with Crippen molar-refractivity contribution in [1.82, 2.24) is 4.98 Å². The minimum atomic E-state index is -3.12. The summed E-state index contributed by atoms with van der Waals surface area (Å²) in [7, 11) is -3.12. The van der Waals surface area contributed by atoms with Crippen molar-refractivity contribution in [2.24, 2.45) is 0 Å². The fraction of sp³-hybridized carbons (Fsp3) is 0.286. The first-order valence-electron chi connectivity index (χ1n) is 6.33. The van der Waals surface area contributed by atoms with E-state index in [2.05, 4.69) is 10.3 Å². The summed E-state index contributed by atoms with van der Waals surface area (Å²) in [5, 5.41) is 12.9. The quantitative estimate of drug-likeness (QED) is 0.874. The molecule has 2 N–H and O–H groups in total. The Hall–Kier alpha value is -2.15. The van der Waals surface area contributed by atoms with Crippen LogP contribution in [0.4, 0.5) is 5.69 Å². The van der Waals surface area contributed by atoms with Gasteiger partial charge in [0.2, 0.25) is 0 Å². The van der Waals surface area contributed by atoms with Crippen LogP contribution in [-0.2, 0) is 9.84 Å². The Labute approximate surface area is 122 Å². The molecule has 0 radical (unpaired) electrons. The summed E-state index contributed by atoms with van der Waals surface area (Å²) >= 11 is 0. The van der Waals surface area contributed by atoms with Crippen LogP contribution in [0, 0.1) is 0 Å². The molecule has 1 aromatic carbocycles. The standard InChI is InChI=1S/C14H16N2O4S/c1-9(8-21(2,19)20)15-12-7-13(14(17)18)16-11-6-4-3-5-10(11)12/h3-7,9H,8H2,1-2H3,(H,15,16)(H,17,18). The number of nitrogens with one attached hydrogen (secondary N) is 1. The van der Waals surface area contributed by atoms with Gasteiger partial charge in [-0.15, -0.1) is 0 Å². The van der Waals surface area contributed by atoms with Crippen molar-refractivity contribution in [3.63, 3.8) is 0 Å².